The maximum atomic E-state index is 11.1. The van der Waals surface area contributed by atoms with Gasteiger partial charge in [-0.25, -0.2) is 0 Å². The molecular formula is C14H26O2. The van der Waals surface area contributed by atoms with Crippen molar-refractivity contribution in [2.24, 2.45) is 11.8 Å². The zero-order chi connectivity index (χ0) is 12.0. The minimum Gasteiger partial charge on any atom is -0.378 e. The first-order valence-corrected chi connectivity index (χ1v) is 6.76. The highest BCUT2D eigenvalue weighted by molar-refractivity contribution is 5.77. The van der Waals surface area contributed by atoms with Crippen LogP contribution in [0.3, 0.4) is 0 Å². The molecule has 0 saturated heterocycles. The summed E-state index contributed by atoms with van der Waals surface area (Å²) in [5.74, 6) is 1.99. The molecule has 2 heteroatoms. The van der Waals surface area contributed by atoms with Crippen molar-refractivity contribution in [3.05, 3.63) is 0 Å². The Morgan fingerprint density at radius 3 is 2.62 bits per heavy atom. The lowest BCUT2D eigenvalue weighted by Gasteiger charge is -2.31. The summed E-state index contributed by atoms with van der Waals surface area (Å²) in [4.78, 5) is 11.1. The molecule has 3 atom stereocenters. The predicted octanol–water partition coefficient (Wildman–Crippen LogP) is 3.59. The van der Waals surface area contributed by atoms with Gasteiger partial charge >= 0.3 is 0 Å². The number of hydrogen-bond acceptors (Lipinski definition) is 2. The fourth-order valence-electron chi connectivity index (χ4n) is 2.35. The van der Waals surface area contributed by atoms with E-state index in [2.05, 4.69) is 13.8 Å². The van der Waals surface area contributed by atoms with E-state index in [9.17, 15) is 4.79 Å². The summed E-state index contributed by atoms with van der Waals surface area (Å²) in [7, 11) is 0. The van der Waals surface area contributed by atoms with Crippen LogP contribution < -0.4 is 0 Å². The highest BCUT2D eigenvalue weighted by Gasteiger charge is 2.24. The third kappa shape index (κ3) is 4.65. The lowest BCUT2D eigenvalue weighted by Crippen LogP contribution is -2.27. The van der Waals surface area contributed by atoms with Crippen LogP contribution in [-0.2, 0) is 9.53 Å². The quantitative estimate of drug-likeness (QED) is 0.647. The Hall–Kier alpha value is -0.370. The average Bonchev–Trinajstić information content (AvgIpc) is 2.28. The monoisotopic (exact) mass is 226 g/mol. The van der Waals surface area contributed by atoms with Gasteiger partial charge in [-0.3, -0.25) is 4.79 Å². The van der Waals surface area contributed by atoms with Crippen molar-refractivity contribution in [3.8, 4) is 0 Å². The molecule has 1 saturated carbocycles. The number of rotatable bonds is 6. The van der Waals surface area contributed by atoms with Crippen molar-refractivity contribution in [1.82, 2.24) is 0 Å². The van der Waals surface area contributed by atoms with Crippen molar-refractivity contribution < 1.29 is 9.53 Å². The van der Waals surface area contributed by atoms with Crippen LogP contribution in [0.4, 0.5) is 0 Å². The molecule has 0 amide bonds. The first-order valence-electron chi connectivity index (χ1n) is 6.76. The van der Waals surface area contributed by atoms with Crippen LogP contribution in [0.1, 0.15) is 59.3 Å². The highest BCUT2D eigenvalue weighted by Crippen LogP contribution is 2.30. The Morgan fingerprint density at radius 1 is 1.25 bits per heavy atom. The van der Waals surface area contributed by atoms with Gasteiger partial charge in [-0.05, 0) is 37.5 Å². The molecular weight excluding hydrogens is 200 g/mol. The van der Waals surface area contributed by atoms with Crippen molar-refractivity contribution in [2.45, 2.75) is 65.4 Å². The Balaban J connectivity index is 2.07. The first-order chi connectivity index (χ1) is 7.63. The van der Waals surface area contributed by atoms with Gasteiger partial charge in [0.05, 0.1) is 6.10 Å². The molecule has 2 nitrogen and oxygen atoms in total. The van der Waals surface area contributed by atoms with E-state index in [0.717, 1.165) is 24.9 Å². The summed E-state index contributed by atoms with van der Waals surface area (Å²) in [5.41, 5.74) is 0. The van der Waals surface area contributed by atoms with Crippen molar-refractivity contribution in [3.63, 3.8) is 0 Å². The van der Waals surface area contributed by atoms with Gasteiger partial charge < -0.3 is 4.74 Å². The van der Waals surface area contributed by atoms with Gasteiger partial charge in [-0.1, -0.05) is 20.8 Å². The zero-order valence-electron chi connectivity index (χ0n) is 11.0. The molecule has 1 rings (SSSR count). The third-order valence-corrected chi connectivity index (χ3v) is 3.90. The molecule has 1 aliphatic carbocycles. The van der Waals surface area contributed by atoms with E-state index in [0.29, 0.717) is 24.7 Å². The van der Waals surface area contributed by atoms with Gasteiger partial charge in [0, 0.05) is 19.4 Å². The molecule has 1 aliphatic rings. The second-order valence-corrected chi connectivity index (χ2v) is 5.26. The minimum absolute atomic E-state index is 0.356. The minimum atomic E-state index is 0.356. The summed E-state index contributed by atoms with van der Waals surface area (Å²) < 4.78 is 5.84. The summed E-state index contributed by atoms with van der Waals surface area (Å²) >= 11 is 0. The molecule has 0 heterocycles. The molecule has 94 valence electrons. The number of Topliss-reactive ketones (excluding diaryl/α,β-unsaturated/α-hetero) is 1. The second-order valence-electron chi connectivity index (χ2n) is 5.26. The fraction of sp³-hybridized carbons (Fsp3) is 0.929. The molecule has 0 aromatic carbocycles. The topological polar surface area (TPSA) is 26.3 Å². The molecule has 0 aromatic rings. The molecule has 0 spiro atoms. The number of carbonyl (C=O) groups excluding carboxylic acids is 1. The van der Waals surface area contributed by atoms with Crippen molar-refractivity contribution in [1.29, 1.82) is 0 Å². The maximum Gasteiger partial charge on any atom is 0.132 e. The van der Waals surface area contributed by atoms with E-state index in [-0.39, 0.29) is 0 Å². The molecule has 0 N–H and O–H groups in total. The third-order valence-electron chi connectivity index (χ3n) is 3.90. The maximum absolute atomic E-state index is 11.1. The van der Waals surface area contributed by atoms with Crippen LogP contribution in [0, 0.1) is 11.8 Å². The second kappa shape index (κ2) is 7.05. The summed E-state index contributed by atoms with van der Waals surface area (Å²) in [6.45, 7) is 7.34. The standard InChI is InChI=1S/C14H26O2/c1-4-13(15)6-5-9-16-14-8-7-11(2)12(3)10-14/h11-12,14H,4-10H2,1-3H3. The van der Waals surface area contributed by atoms with Gasteiger partial charge in [-0.2, -0.15) is 0 Å². The normalized spacial score (nSPS) is 30.3. The number of ketones is 1. The van der Waals surface area contributed by atoms with Gasteiger partial charge in [-0.15, -0.1) is 0 Å². The van der Waals surface area contributed by atoms with E-state index in [1.165, 1.54) is 19.3 Å². The van der Waals surface area contributed by atoms with E-state index >= 15 is 0 Å². The van der Waals surface area contributed by atoms with Crippen molar-refractivity contribution in [2.75, 3.05) is 6.61 Å². The Bertz CT molecular complexity index is 213. The van der Waals surface area contributed by atoms with Crippen LogP contribution in [0.2, 0.25) is 0 Å². The highest BCUT2D eigenvalue weighted by atomic mass is 16.5. The molecule has 0 bridgehead atoms. The smallest absolute Gasteiger partial charge is 0.132 e. The largest absolute Gasteiger partial charge is 0.378 e. The number of hydrogen-bond donors (Lipinski definition) is 0. The van der Waals surface area contributed by atoms with Crippen LogP contribution >= 0.6 is 0 Å². The van der Waals surface area contributed by atoms with Gasteiger partial charge in [0.2, 0.25) is 0 Å². The lowest BCUT2D eigenvalue weighted by atomic mass is 9.80. The SMILES string of the molecule is CCC(=O)CCCOC1CCC(C)C(C)C1. The van der Waals surface area contributed by atoms with Crippen LogP contribution in [0.15, 0.2) is 0 Å². The molecule has 16 heavy (non-hydrogen) atoms. The molecule has 0 aliphatic heterocycles. The lowest BCUT2D eigenvalue weighted by molar-refractivity contribution is -0.119. The van der Waals surface area contributed by atoms with Gasteiger partial charge in [0.25, 0.3) is 0 Å². The number of carbonyl (C=O) groups is 1. The Kier molecular flexibility index (Phi) is 6.04. The van der Waals surface area contributed by atoms with E-state index in [1.807, 2.05) is 6.92 Å². The summed E-state index contributed by atoms with van der Waals surface area (Å²) in [5, 5.41) is 0. The van der Waals surface area contributed by atoms with Crippen molar-refractivity contribution >= 4 is 5.78 Å². The van der Waals surface area contributed by atoms with E-state index < -0.39 is 0 Å². The average molecular weight is 226 g/mol. The molecule has 1 fully saturated rings. The predicted molar refractivity (Wildman–Crippen MR) is 66.5 cm³/mol. The van der Waals surface area contributed by atoms with Crippen LogP contribution in [-0.4, -0.2) is 18.5 Å². The molecule has 0 radical (unpaired) electrons. The Labute approximate surface area is 99.8 Å². The fourth-order valence-corrected chi connectivity index (χ4v) is 2.35. The Morgan fingerprint density at radius 2 is 2.00 bits per heavy atom. The van der Waals surface area contributed by atoms with E-state index in [4.69, 9.17) is 4.74 Å². The first kappa shape index (κ1) is 13.7. The zero-order valence-corrected chi connectivity index (χ0v) is 11.0. The van der Waals surface area contributed by atoms with E-state index in [1.54, 1.807) is 0 Å². The molecule has 3 unspecified atom stereocenters. The number of ether oxygens (including phenoxy) is 1. The van der Waals surface area contributed by atoms with Gasteiger partial charge in [0.1, 0.15) is 5.78 Å². The van der Waals surface area contributed by atoms with Gasteiger partial charge in [0.15, 0.2) is 0 Å². The van der Waals surface area contributed by atoms with Crippen LogP contribution in [0.5, 0.6) is 0 Å². The van der Waals surface area contributed by atoms with Crippen LogP contribution in [0.25, 0.3) is 0 Å². The summed E-state index contributed by atoms with van der Waals surface area (Å²) in [6, 6.07) is 0. The molecule has 0 aromatic heterocycles. The summed E-state index contributed by atoms with van der Waals surface area (Å²) in [6.07, 6.45) is 6.39.